The molecular formula is C3H9OS-. The van der Waals surface area contributed by atoms with Crippen molar-refractivity contribution in [2.45, 2.75) is 0 Å². The smallest absolute Gasteiger partial charge is 0.0969 e. The summed E-state index contributed by atoms with van der Waals surface area (Å²) in [6.45, 7) is 0. The molecule has 0 unspecified atom stereocenters. The van der Waals surface area contributed by atoms with E-state index in [1.165, 1.54) is 0 Å². The van der Waals surface area contributed by atoms with Crippen molar-refractivity contribution >= 4 is 10.9 Å². The van der Waals surface area contributed by atoms with Crippen molar-refractivity contribution in [3.8, 4) is 0 Å². The van der Waals surface area contributed by atoms with Crippen LogP contribution in [-0.4, -0.2) is 18.8 Å². The van der Waals surface area contributed by atoms with Gasteiger partial charge in [0, 0.05) is 0 Å². The van der Waals surface area contributed by atoms with E-state index in [9.17, 15) is 0 Å². The Hall–Kier alpha value is 0.310. The summed E-state index contributed by atoms with van der Waals surface area (Å²) in [5.41, 5.74) is 0. The van der Waals surface area contributed by atoms with E-state index >= 15 is 0 Å². The molecule has 0 aromatic heterocycles. The summed E-state index contributed by atoms with van der Waals surface area (Å²) in [4.78, 5) is 0. The van der Waals surface area contributed by atoms with Gasteiger partial charge in [0.1, 0.15) is 0 Å². The Morgan fingerprint density at radius 2 is 1.00 bits per heavy atom. The maximum atomic E-state index is 2.19. The molecule has 0 spiro atoms. The molecule has 0 aromatic rings. The zero-order chi connectivity index (χ0) is 3.58. The largest absolute Gasteiger partial charge is 2.00 e. The Labute approximate surface area is 36.0 Å². The molecule has 0 N–H and O–H groups in total. The lowest BCUT2D eigenvalue weighted by molar-refractivity contribution is 0.686. The van der Waals surface area contributed by atoms with E-state index < -0.39 is 0 Å². The second-order valence-electron chi connectivity index (χ2n) is 1.22. The maximum Gasteiger partial charge on any atom is 0.0969 e. The highest BCUT2D eigenvalue weighted by Gasteiger charge is 1.77. The van der Waals surface area contributed by atoms with E-state index in [0.29, 0.717) is 10.9 Å². The van der Waals surface area contributed by atoms with Crippen LogP contribution in [0.5, 0.6) is 0 Å². The summed E-state index contributed by atoms with van der Waals surface area (Å²) in [7, 11) is 0.639. The third-order valence-electron chi connectivity index (χ3n) is 0. The van der Waals surface area contributed by atoms with Crippen LogP contribution >= 0.6 is 0 Å². The molecule has 0 bridgehead atoms. The first-order chi connectivity index (χ1) is 1.73. The normalized spacial score (nSPS) is 7.20. The number of rotatable bonds is 0. The van der Waals surface area contributed by atoms with E-state index in [1.54, 1.807) is 0 Å². The molecule has 1 nitrogen and oxygen atoms in total. The van der Waals surface area contributed by atoms with Crippen molar-refractivity contribution in [1.29, 1.82) is 0 Å². The highest BCUT2D eigenvalue weighted by molar-refractivity contribution is 7.94. The average molecular weight is 93.2 g/mol. The van der Waals surface area contributed by atoms with E-state index in [2.05, 4.69) is 18.8 Å². The highest BCUT2D eigenvalue weighted by Crippen LogP contribution is 1.63. The van der Waals surface area contributed by atoms with Gasteiger partial charge >= 0.3 is 0 Å². The number of hydrogen-bond acceptors (Lipinski definition) is 0. The van der Waals surface area contributed by atoms with Gasteiger partial charge in [-0.25, -0.2) is 0 Å². The van der Waals surface area contributed by atoms with Gasteiger partial charge in [-0.15, -0.1) is 0 Å². The van der Waals surface area contributed by atoms with Crippen LogP contribution in [0.1, 0.15) is 0 Å². The Bertz CT molecular complexity index is 11.6. The molecule has 0 aliphatic rings. The van der Waals surface area contributed by atoms with Crippen LogP contribution in [-0.2, 0) is 16.4 Å². The highest BCUT2D eigenvalue weighted by atomic mass is 32.2. The Morgan fingerprint density at radius 3 is 1.00 bits per heavy atom. The van der Waals surface area contributed by atoms with Gasteiger partial charge in [-0.2, -0.15) is 0 Å². The Kier molecular flexibility index (Phi) is 7.76. The van der Waals surface area contributed by atoms with Crippen molar-refractivity contribution in [2.75, 3.05) is 18.8 Å². The molecule has 5 heavy (non-hydrogen) atoms. The molecule has 0 saturated carbocycles. The van der Waals surface area contributed by atoms with Crippen LogP contribution in [0.15, 0.2) is 0 Å². The molecule has 0 heterocycles. The summed E-state index contributed by atoms with van der Waals surface area (Å²) >= 11 is 0. The van der Waals surface area contributed by atoms with Gasteiger partial charge in [-0.05, 0) is 10.9 Å². The van der Waals surface area contributed by atoms with Gasteiger partial charge in [0.05, 0.1) is 18.8 Å². The SMILES string of the molecule is C[S+](C)C.[O-2]. The third-order valence-corrected chi connectivity index (χ3v) is 0. The van der Waals surface area contributed by atoms with Gasteiger partial charge in [-0.3, -0.25) is 0 Å². The van der Waals surface area contributed by atoms with Gasteiger partial charge in [-0.1, -0.05) is 0 Å². The fourth-order valence-electron chi connectivity index (χ4n) is 0. The van der Waals surface area contributed by atoms with Gasteiger partial charge in [0.25, 0.3) is 0 Å². The quantitative estimate of drug-likeness (QED) is 0.387. The molecule has 0 atom stereocenters. The van der Waals surface area contributed by atoms with Crippen LogP contribution in [0.4, 0.5) is 0 Å². The van der Waals surface area contributed by atoms with Crippen LogP contribution in [0, 0.1) is 0 Å². The Balaban J connectivity index is 0. The minimum Gasteiger partial charge on any atom is -2.00 e. The molecule has 0 aliphatic carbocycles. The predicted octanol–water partition coefficient (Wildman–Crippen LogP) is 0.375. The molecule has 2 heteroatoms. The van der Waals surface area contributed by atoms with Crippen molar-refractivity contribution in [3.63, 3.8) is 0 Å². The van der Waals surface area contributed by atoms with E-state index in [1.807, 2.05) is 0 Å². The van der Waals surface area contributed by atoms with E-state index in [0.717, 1.165) is 0 Å². The lowest BCUT2D eigenvalue weighted by Gasteiger charge is -2.00. The summed E-state index contributed by atoms with van der Waals surface area (Å²) in [6, 6.07) is 0. The van der Waals surface area contributed by atoms with Gasteiger partial charge in [0.2, 0.25) is 0 Å². The molecule has 34 valence electrons. The van der Waals surface area contributed by atoms with Crippen LogP contribution in [0.2, 0.25) is 0 Å². The molecular weight excluding hydrogens is 84.1 g/mol. The predicted molar refractivity (Wildman–Crippen MR) is 25.8 cm³/mol. The lowest BCUT2D eigenvalue weighted by Crippen LogP contribution is -1.84. The van der Waals surface area contributed by atoms with E-state index in [4.69, 9.17) is 0 Å². The molecule has 0 rings (SSSR count). The second kappa shape index (κ2) is 4.31. The molecule has 0 aromatic carbocycles. The fraction of sp³-hybridized carbons (Fsp3) is 1.00. The summed E-state index contributed by atoms with van der Waals surface area (Å²) in [5.74, 6) is 0. The number of hydrogen-bond donors (Lipinski definition) is 0. The van der Waals surface area contributed by atoms with Gasteiger partial charge in [0.15, 0.2) is 0 Å². The van der Waals surface area contributed by atoms with Crippen LogP contribution in [0.25, 0.3) is 0 Å². The average Bonchev–Trinajstić information content (AvgIpc) is 0.811. The molecule has 0 aliphatic heterocycles. The van der Waals surface area contributed by atoms with Crippen molar-refractivity contribution in [2.24, 2.45) is 0 Å². The van der Waals surface area contributed by atoms with Crippen molar-refractivity contribution in [3.05, 3.63) is 0 Å². The van der Waals surface area contributed by atoms with Crippen LogP contribution in [0.3, 0.4) is 0 Å². The first kappa shape index (κ1) is 9.00. The standard InChI is InChI=1S/C3H9S.O/c1-4(2)3;/h1-3H3;/q+1;-2. The minimum absolute atomic E-state index is 0. The Morgan fingerprint density at radius 1 is 1.00 bits per heavy atom. The zero-order valence-electron chi connectivity index (χ0n) is 3.82. The molecule has 0 fully saturated rings. The second-order valence-corrected chi connectivity index (χ2v) is 3.67. The maximum absolute atomic E-state index is 2.19. The summed E-state index contributed by atoms with van der Waals surface area (Å²) in [5, 5.41) is 0. The monoisotopic (exact) mass is 93.0 g/mol. The first-order valence-electron chi connectivity index (χ1n) is 1.22. The van der Waals surface area contributed by atoms with Crippen molar-refractivity contribution in [1.82, 2.24) is 0 Å². The van der Waals surface area contributed by atoms with E-state index in [-0.39, 0.29) is 5.48 Å². The third kappa shape index (κ3) is 239. The molecule has 0 radical (unpaired) electrons. The van der Waals surface area contributed by atoms with Crippen LogP contribution < -0.4 is 0 Å². The zero-order valence-corrected chi connectivity index (χ0v) is 4.63. The molecule has 0 saturated heterocycles. The summed E-state index contributed by atoms with van der Waals surface area (Å²) < 4.78 is 0. The topological polar surface area (TPSA) is 28.5 Å². The molecule has 0 amide bonds. The van der Waals surface area contributed by atoms with Gasteiger partial charge < -0.3 is 5.48 Å². The summed E-state index contributed by atoms with van der Waals surface area (Å²) in [6.07, 6.45) is 6.58. The fourth-order valence-corrected chi connectivity index (χ4v) is 0. The van der Waals surface area contributed by atoms with Crippen molar-refractivity contribution < 1.29 is 5.48 Å². The first-order valence-corrected chi connectivity index (χ1v) is 3.67. The lowest BCUT2D eigenvalue weighted by atomic mass is 11.9. The minimum atomic E-state index is 0.